The third-order valence-electron chi connectivity index (χ3n) is 9.39. The highest BCUT2D eigenvalue weighted by molar-refractivity contribution is 6.01. The molecule has 0 amide bonds. The molecule has 1 nitrogen and oxygen atoms in total. The zero-order chi connectivity index (χ0) is 32.3. The van der Waals surface area contributed by atoms with Crippen LogP contribution in [0.25, 0.3) is 73.2 Å². The molecule has 228 valence electrons. The number of hydrogen-bond donors (Lipinski definition) is 0. The molecular formula is C46H39N. The second-order valence-electron chi connectivity index (χ2n) is 12.5. The van der Waals surface area contributed by atoms with Gasteiger partial charge < -0.3 is 0 Å². The molecule has 0 spiro atoms. The van der Waals surface area contributed by atoms with Gasteiger partial charge in [0.2, 0.25) is 0 Å². The van der Waals surface area contributed by atoms with Crippen LogP contribution >= 0.6 is 0 Å². The number of aryl methyl sites for hydroxylation is 2. The minimum Gasteiger partial charge on any atom is -0.264 e. The molecule has 0 unspecified atom stereocenters. The molecule has 0 bridgehead atoms. The molecule has 0 fully saturated rings. The first-order valence-electron chi connectivity index (χ1n) is 16.5. The van der Waals surface area contributed by atoms with Crippen molar-refractivity contribution in [3.05, 3.63) is 167 Å². The Labute approximate surface area is 277 Å². The quantitative estimate of drug-likeness (QED) is 0.176. The number of aromatic nitrogens is 1. The van der Waals surface area contributed by atoms with Gasteiger partial charge in [-0.3, -0.25) is 4.98 Å². The van der Waals surface area contributed by atoms with Gasteiger partial charge in [-0.2, -0.15) is 0 Å². The van der Waals surface area contributed by atoms with Crippen LogP contribution in [0.4, 0.5) is 0 Å². The molecule has 0 atom stereocenters. The number of pyridine rings is 1. The molecule has 7 aromatic rings. The van der Waals surface area contributed by atoms with Gasteiger partial charge in [0, 0.05) is 17.8 Å². The maximum Gasteiger partial charge on any atom is 0.0346 e. The summed E-state index contributed by atoms with van der Waals surface area (Å²) in [5.41, 5.74) is 12.7. The lowest BCUT2D eigenvalue weighted by molar-refractivity contribution is 0.923. The van der Waals surface area contributed by atoms with Crippen molar-refractivity contribution in [2.24, 2.45) is 0 Å². The van der Waals surface area contributed by atoms with Crippen LogP contribution in [0.15, 0.2) is 140 Å². The van der Waals surface area contributed by atoms with Crippen molar-refractivity contribution in [3.8, 4) is 33.4 Å². The van der Waals surface area contributed by atoms with E-state index in [9.17, 15) is 0 Å². The van der Waals surface area contributed by atoms with Gasteiger partial charge in [-0.05, 0) is 121 Å². The summed E-state index contributed by atoms with van der Waals surface area (Å²) in [5.74, 6) is 0. The topological polar surface area (TPSA) is 12.9 Å². The molecule has 1 heteroatoms. The molecule has 7 rings (SSSR count). The van der Waals surface area contributed by atoms with E-state index in [4.69, 9.17) is 0 Å². The van der Waals surface area contributed by atoms with E-state index in [-0.39, 0.29) is 0 Å². The molecule has 0 radical (unpaired) electrons. The Balaban J connectivity index is 1.33. The van der Waals surface area contributed by atoms with Gasteiger partial charge in [0.15, 0.2) is 0 Å². The minimum atomic E-state index is 1.03. The van der Waals surface area contributed by atoms with Gasteiger partial charge in [-0.1, -0.05) is 135 Å². The lowest BCUT2D eigenvalue weighted by Crippen LogP contribution is -2.23. The zero-order valence-corrected chi connectivity index (χ0v) is 27.4. The van der Waals surface area contributed by atoms with E-state index in [1.807, 2.05) is 12.4 Å². The zero-order valence-electron chi connectivity index (χ0n) is 27.4. The normalized spacial score (nSPS) is 12.2. The van der Waals surface area contributed by atoms with E-state index in [0.29, 0.717) is 0 Å². The van der Waals surface area contributed by atoms with E-state index in [1.54, 1.807) is 0 Å². The number of fused-ring (bicyclic) bond motifs is 2. The number of hydrogen-bond acceptors (Lipinski definition) is 1. The lowest BCUT2D eigenvalue weighted by atomic mass is 9.85. The van der Waals surface area contributed by atoms with Gasteiger partial charge in [-0.15, -0.1) is 0 Å². The second-order valence-corrected chi connectivity index (χ2v) is 12.5. The molecule has 0 aliphatic rings. The van der Waals surface area contributed by atoms with Gasteiger partial charge in [-0.25, -0.2) is 0 Å². The van der Waals surface area contributed by atoms with Crippen LogP contribution in [0, 0.1) is 6.92 Å². The number of benzene rings is 6. The van der Waals surface area contributed by atoms with Crippen molar-refractivity contribution in [2.75, 3.05) is 0 Å². The maximum absolute atomic E-state index is 4.53. The highest BCUT2D eigenvalue weighted by Crippen LogP contribution is 2.40. The molecule has 0 saturated heterocycles. The average molecular weight is 606 g/mol. The highest BCUT2D eigenvalue weighted by atomic mass is 14.6. The summed E-state index contributed by atoms with van der Waals surface area (Å²) in [7, 11) is 0. The SMILES string of the molecule is C=c1/c(=C\C=C(/C)c2ccc(CCC)c(-c3c(C)cccc3-c3cccc4cnccc34)c2)ccc2ccc(-c3ccccc3)cc12. The van der Waals surface area contributed by atoms with Crippen LogP contribution in [0.1, 0.15) is 37.0 Å². The van der Waals surface area contributed by atoms with Crippen LogP contribution in [-0.2, 0) is 6.42 Å². The third kappa shape index (κ3) is 5.93. The van der Waals surface area contributed by atoms with Gasteiger partial charge in [0.1, 0.15) is 0 Å². The molecule has 0 N–H and O–H groups in total. The Bertz CT molecular complexity index is 2390. The van der Waals surface area contributed by atoms with E-state index in [1.165, 1.54) is 71.8 Å². The highest BCUT2D eigenvalue weighted by Gasteiger charge is 2.16. The summed E-state index contributed by atoms with van der Waals surface area (Å²) < 4.78 is 0. The predicted octanol–water partition coefficient (Wildman–Crippen LogP) is 10.9. The van der Waals surface area contributed by atoms with E-state index in [0.717, 1.165) is 28.7 Å². The number of nitrogens with zero attached hydrogens (tertiary/aromatic N) is 1. The molecule has 0 saturated carbocycles. The lowest BCUT2D eigenvalue weighted by Gasteiger charge is -2.19. The molecular weight excluding hydrogens is 567 g/mol. The Hall–Kier alpha value is -5.53. The van der Waals surface area contributed by atoms with Crippen LogP contribution in [0.2, 0.25) is 0 Å². The van der Waals surface area contributed by atoms with Gasteiger partial charge in [0.05, 0.1) is 0 Å². The molecule has 47 heavy (non-hydrogen) atoms. The van der Waals surface area contributed by atoms with E-state index >= 15 is 0 Å². The fourth-order valence-corrected chi connectivity index (χ4v) is 6.82. The van der Waals surface area contributed by atoms with Crippen molar-refractivity contribution in [1.82, 2.24) is 4.98 Å². The summed E-state index contributed by atoms with van der Waals surface area (Å²) in [5, 5.41) is 6.97. The summed E-state index contributed by atoms with van der Waals surface area (Å²) in [6.07, 6.45) is 10.4. The standard InChI is InChI=1S/C46H39N/c1-5-11-36-22-24-38(28-45(36)46-32(3)12-9-17-43(46)42-16-10-15-40-30-47-27-26-41(40)42)31(2)18-19-34-20-21-37-23-25-39(29-44(37)33(34)4)35-13-7-6-8-14-35/h6-10,12-30H,4-5,11H2,1-3H3/b31-18+,34-19-. The van der Waals surface area contributed by atoms with Crippen LogP contribution in [-0.4, -0.2) is 4.98 Å². The third-order valence-corrected chi connectivity index (χ3v) is 9.39. The first-order valence-corrected chi connectivity index (χ1v) is 16.5. The van der Waals surface area contributed by atoms with E-state index < -0.39 is 0 Å². The predicted molar refractivity (Wildman–Crippen MR) is 204 cm³/mol. The first-order chi connectivity index (χ1) is 23.0. The summed E-state index contributed by atoms with van der Waals surface area (Å²) in [6, 6.07) is 44.0. The molecule has 0 aliphatic heterocycles. The number of allylic oxidation sites excluding steroid dienone is 2. The van der Waals surface area contributed by atoms with Gasteiger partial charge >= 0.3 is 0 Å². The largest absolute Gasteiger partial charge is 0.264 e. The summed E-state index contributed by atoms with van der Waals surface area (Å²) in [4.78, 5) is 4.38. The molecule has 1 heterocycles. The maximum atomic E-state index is 4.53. The summed E-state index contributed by atoms with van der Waals surface area (Å²) in [6.45, 7) is 11.2. The Morgan fingerprint density at radius 3 is 2.36 bits per heavy atom. The molecule has 6 aromatic carbocycles. The van der Waals surface area contributed by atoms with Crippen molar-refractivity contribution >= 4 is 39.8 Å². The second kappa shape index (κ2) is 13.1. The van der Waals surface area contributed by atoms with Gasteiger partial charge in [0.25, 0.3) is 0 Å². The Kier molecular flexibility index (Phi) is 8.38. The fraction of sp³-hybridized carbons (Fsp3) is 0.109. The Morgan fingerprint density at radius 2 is 1.51 bits per heavy atom. The summed E-state index contributed by atoms with van der Waals surface area (Å²) >= 11 is 0. The first kappa shape index (κ1) is 30.1. The molecule has 1 aromatic heterocycles. The van der Waals surface area contributed by atoms with Crippen LogP contribution in [0.5, 0.6) is 0 Å². The molecule has 0 aliphatic carbocycles. The monoisotopic (exact) mass is 605 g/mol. The van der Waals surface area contributed by atoms with E-state index in [2.05, 4.69) is 166 Å². The number of rotatable bonds is 7. The Morgan fingerprint density at radius 1 is 0.702 bits per heavy atom. The smallest absolute Gasteiger partial charge is 0.0346 e. The minimum absolute atomic E-state index is 1.03. The average Bonchev–Trinajstić information content (AvgIpc) is 3.11. The van der Waals surface area contributed by atoms with Crippen molar-refractivity contribution in [2.45, 2.75) is 33.6 Å². The van der Waals surface area contributed by atoms with Crippen LogP contribution in [0.3, 0.4) is 0 Å². The van der Waals surface area contributed by atoms with Crippen molar-refractivity contribution in [3.63, 3.8) is 0 Å². The van der Waals surface area contributed by atoms with Crippen LogP contribution < -0.4 is 10.4 Å². The fourth-order valence-electron chi connectivity index (χ4n) is 6.82. The van der Waals surface area contributed by atoms with Crippen molar-refractivity contribution < 1.29 is 0 Å². The van der Waals surface area contributed by atoms with Crippen molar-refractivity contribution in [1.29, 1.82) is 0 Å².